The zero-order valence-corrected chi connectivity index (χ0v) is 18.7. The molecule has 0 radical (unpaired) electrons. The molecule has 3 aromatic rings. The van der Waals surface area contributed by atoms with Gasteiger partial charge in [-0.3, -0.25) is 9.36 Å². The van der Waals surface area contributed by atoms with Gasteiger partial charge < -0.3 is 15.0 Å². The number of aryl methyl sites for hydroxylation is 1. The van der Waals surface area contributed by atoms with Crippen LogP contribution in [0.15, 0.2) is 36.4 Å². The molecule has 0 unspecified atom stereocenters. The van der Waals surface area contributed by atoms with E-state index in [4.69, 9.17) is 21.3 Å². The van der Waals surface area contributed by atoms with Crippen molar-refractivity contribution in [3.63, 3.8) is 0 Å². The highest BCUT2D eigenvalue weighted by Crippen LogP contribution is 2.33. The number of nitrogens with one attached hydrogen (secondary N) is 1. The van der Waals surface area contributed by atoms with Crippen molar-refractivity contribution in [2.75, 3.05) is 31.2 Å². The minimum Gasteiger partial charge on any atom is -0.379 e. The van der Waals surface area contributed by atoms with Crippen LogP contribution < -0.4 is 10.2 Å². The van der Waals surface area contributed by atoms with Gasteiger partial charge >= 0.3 is 0 Å². The summed E-state index contributed by atoms with van der Waals surface area (Å²) in [6.07, 6.45) is 2.39. The molecule has 8 heteroatoms. The Balaban J connectivity index is 1.42. The molecule has 2 aliphatic heterocycles. The number of carbonyl (C=O) groups is 1. The second-order valence-corrected chi connectivity index (χ2v) is 9.05. The van der Waals surface area contributed by atoms with Crippen molar-refractivity contribution in [3.8, 4) is 5.69 Å². The Morgan fingerprint density at radius 2 is 1.94 bits per heavy atom. The molecule has 2 saturated heterocycles. The van der Waals surface area contributed by atoms with Gasteiger partial charge in [-0.1, -0.05) is 11.6 Å². The number of anilines is 1. The number of benzene rings is 2. The number of piperidine rings is 1. The second kappa shape index (κ2) is 8.71. The number of hydrogen-bond donors (Lipinski definition) is 1. The third kappa shape index (κ3) is 4.07. The summed E-state index contributed by atoms with van der Waals surface area (Å²) in [7, 11) is 0. The molecule has 1 amide bonds. The zero-order valence-electron chi connectivity index (χ0n) is 18.0. The van der Waals surface area contributed by atoms with Crippen LogP contribution in [0.5, 0.6) is 0 Å². The standard InChI is InChI=1S/C24H26ClFN4O2/c1-15-12-21-22(13-20(15)25)30(19-4-2-17(26)3-5-19)24(28-21)29-9-6-16(7-10-29)23(31)27-18-8-11-32-14-18/h2-5,12-13,16,18H,6-11,14H2,1H3,(H,27,31)/t18-/m1/s1. The predicted octanol–water partition coefficient (Wildman–Crippen LogP) is 4.25. The molecule has 5 rings (SSSR count). The molecule has 2 fully saturated rings. The first-order valence-electron chi connectivity index (χ1n) is 11.1. The lowest BCUT2D eigenvalue weighted by Crippen LogP contribution is -2.44. The Morgan fingerprint density at radius 3 is 2.62 bits per heavy atom. The fraction of sp³-hybridized carbons (Fsp3) is 0.417. The third-order valence-electron chi connectivity index (χ3n) is 6.43. The van der Waals surface area contributed by atoms with Crippen molar-refractivity contribution in [2.45, 2.75) is 32.2 Å². The van der Waals surface area contributed by atoms with Gasteiger partial charge in [-0.2, -0.15) is 0 Å². The smallest absolute Gasteiger partial charge is 0.223 e. The summed E-state index contributed by atoms with van der Waals surface area (Å²) in [5.41, 5.74) is 3.50. The first kappa shape index (κ1) is 21.2. The minimum absolute atomic E-state index is 0.00723. The van der Waals surface area contributed by atoms with Crippen LogP contribution in [0.2, 0.25) is 5.02 Å². The van der Waals surface area contributed by atoms with E-state index >= 15 is 0 Å². The van der Waals surface area contributed by atoms with Crippen molar-refractivity contribution in [1.29, 1.82) is 0 Å². The normalized spacial score (nSPS) is 19.6. The molecule has 0 aliphatic carbocycles. The van der Waals surface area contributed by atoms with Crippen LogP contribution in [-0.4, -0.2) is 47.8 Å². The predicted molar refractivity (Wildman–Crippen MR) is 123 cm³/mol. The van der Waals surface area contributed by atoms with Gasteiger partial charge in [0.25, 0.3) is 0 Å². The van der Waals surface area contributed by atoms with Crippen molar-refractivity contribution < 1.29 is 13.9 Å². The maximum absolute atomic E-state index is 13.6. The number of imidazole rings is 1. The van der Waals surface area contributed by atoms with Crippen molar-refractivity contribution in [3.05, 3.63) is 52.8 Å². The van der Waals surface area contributed by atoms with E-state index in [1.54, 1.807) is 12.1 Å². The Bertz CT molecular complexity index is 1130. The lowest BCUT2D eigenvalue weighted by molar-refractivity contribution is -0.126. The highest BCUT2D eigenvalue weighted by Gasteiger charge is 2.30. The van der Waals surface area contributed by atoms with Crippen molar-refractivity contribution in [1.82, 2.24) is 14.9 Å². The summed E-state index contributed by atoms with van der Waals surface area (Å²) in [4.78, 5) is 19.8. The molecule has 1 aromatic heterocycles. The van der Waals surface area contributed by atoms with Gasteiger partial charge in [-0.25, -0.2) is 9.37 Å². The number of fused-ring (bicyclic) bond motifs is 1. The Kier molecular flexibility index (Phi) is 5.78. The van der Waals surface area contributed by atoms with Gasteiger partial charge in [0, 0.05) is 36.3 Å². The first-order chi connectivity index (χ1) is 15.5. The molecule has 2 aromatic carbocycles. The van der Waals surface area contributed by atoms with Gasteiger partial charge in [-0.05, 0) is 68.1 Å². The number of nitrogens with zero attached hydrogens (tertiary/aromatic N) is 3. The van der Waals surface area contributed by atoms with E-state index in [9.17, 15) is 9.18 Å². The molecular weight excluding hydrogens is 431 g/mol. The molecule has 168 valence electrons. The summed E-state index contributed by atoms with van der Waals surface area (Å²) in [6.45, 7) is 4.71. The van der Waals surface area contributed by atoms with E-state index < -0.39 is 0 Å². The van der Waals surface area contributed by atoms with Crippen LogP contribution in [-0.2, 0) is 9.53 Å². The molecule has 0 bridgehead atoms. The number of carbonyl (C=O) groups excluding carboxylic acids is 1. The van der Waals surface area contributed by atoms with E-state index in [0.29, 0.717) is 18.2 Å². The highest BCUT2D eigenvalue weighted by atomic mass is 35.5. The van der Waals surface area contributed by atoms with E-state index in [1.165, 1.54) is 12.1 Å². The SMILES string of the molecule is Cc1cc2nc(N3CCC(C(=O)N[C@@H]4CCOC4)CC3)n(-c3ccc(F)cc3)c2cc1Cl. The lowest BCUT2D eigenvalue weighted by Gasteiger charge is -2.32. The number of aromatic nitrogens is 2. The number of hydrogen-bond acceptors (Lipinski definition) is 4. The summed E-state index contributed by atoms with van der Waals surface area (Å²) in [6, 6.07) is 10.4. The maximum Gasteiger partial charge on any atom is 0.223 e. The minimum atomic E-state index is -0.284. The number of amides is 1. The van der Waals surface area contributed by atoms with E-state index in [0.717, 1.165) is 60.6 Å². The Labute approximate surface area is 191 Å². The number of rotatable bonds is 4. The van der Waals surface area contributed by atoms with Crippen molar-refractivity contribution >= 4 is 34.5 Å². The van der Waals surface area contributed by atoms with E-state index in [1.807, 2.05) is 23.6 Å². The second-order valence-electron chi connectivity index (χ2n) is 8.64. The van der Waals surface area contributed by atoms with Gasteiger partial charge in [0.1, 0.15) is 5.82 Å². The zero-order chi connectivity index (χ0) is 22.2. The van der Waals surface area contributed by atoms with Crippen LogP contribution in [0.1, 0.15) is 24.8 Å². The Hall–Kier alpha value is -2.64. The molecule has 1 N–H and O–H groups in total. The lowest BCUT2D eigenvalue weighted by atomic mass is 9.95. The van der Waals surface area contributed by atoms with Gasteiger partial charge in [0.2, 0.25) is 11.9 Å². The van der Waals surface area contributed by atoms with Crippen LogP contribution in [0.3, 0.4) is 0 Å². The van der Waals surface area contributed by atoms with Gasteiger partial charge in [0.05, 0.1) is 23.7 Å². The van der Waals surface area contributed by atoms with E-state index in [2.05, 4.69) is 10.2 Å². The number of halogens is 2. The molecule has 0 spiro atoms. The van der Waals surface area contributed by atoms with Crippen LogP contribution >= 0.6 is 11.6 Å². The molecule has 2 aliphatic rings. The molecule has 6 nitrogen and oxygen atoms in total. The fourth-order valence-corrected chi connectivity index (χ4v) is 4.71. The molecule has 32 heavy (non-hydrogen) atoms. The summed E-state index contributed by atoms with van der Waals surface area (Å²) >= 11 is 6.42. The quantitative estimate of drug-likeness (QED) is 0.637. The first-order valence-corrected chi connectivity index (χ1v) is 11.4. The van der Waals surface area contributed by atoms with Gasteiger partial charge in [0.15, 0.2) is 0 Å². The molecule has 3 heterocycles. The van der Waals surface area contributed by atoms with Crippen LogP contribution in [0.4, 0.5) is 10.3 Å². The monoisotopic (exact) mass is 456 g/mol. The third-order valence-corrected chi connectivity index (χ3v) is 6.83. The summed E-state index contributed by atoms with van der Waals surface area (Å²) in [5.74, 6) is 0.617. The molecular formula is C24H26ClFN4O2. The average molecular weight is 457 g/mol. The fourth-order valence-electron chi connectivity index (χ4n) is 4.56. The topological polar surface area (TPSA) is 59.4 Å². The molecule has 1 atom stereocenters. The highest BCUT2D eigenvalue weighted by molar-refractivity contribution is 6.32. The van der Waals surface area contributed by atoms with Crippen molar-refractivity contribution in [2.24, 2.45) is 5.92 Å². The van der Waals surface area contributed by atoms with E-state index in [-0.39, 0.29) is 23.7 Å². The number of ether oxygens (including phenoxy) is 1. The largest absolute Gasteiger partial charge is 0.379 e. The summed E-state index contributed by atoms with van der Waals surface area (Å²) in [5, 5.41) is 3.79. The van der Waals surface area contributed by atoms with Crippen LogP contribution in [0, 0.1) is 18.7 Å². The Morgan fingerprint density at radius 1 is 1.19 bits per heavy atom. The maximum atomic E-state index is 13.6. The molecule has 0 saturated carbocycles. The van der Waals surface area contributed by atoms with Crippen LogP contribution in [0.25, 0.3) is 16.7 Å². The average Bonchev–Trinajstić information content (AvgIpc) is 3.43. The summed E-state index contributed by atoms with van der Waals surface area (Å²) < 4.78 is 21.0. The van der Waals surface area contributed by atoms with Gasteiger partial charge in [-0.15, -0.1) is 0 Å².